The first-order chi connectivity index (χ1) is 11.0. The highest BCUT2D eigenvalue weighted by atomic mass is 19.1. The van der Waals surface area contributed by atoms with Crippen LogP contribution in [0.25, 0.3) is 0 Å². The molecule has 2 aromatic rings. The van der Waals surface area contributed by atoms with Gasteiger partial charge in [0.25, 0.3) is 0 Å². The predicted octanol–water partition coefficient (Wildman–Crippen LogP) is 2.03. The maximum atomic E-state index is 13.8. The Labute approximate surface area is 131 Å². The van der Waals surface area contributed by atoms with Gasteiger partial charge in [-0.1, -0.05) is 12.1 Å². The zero-order chi connectivity index (χ0) is 16.8. The average molecular weight is 319 g/mol. The van der Waals surface area contributed by atoms with Gasteiger partial charge < -0.3 is 5.32 Å². The number of pyridine rings is 1. The van der Waals surface area contributed by atoms with E-state index in [4.69, 9.17) is 0 Å². The first kappa shape index (κ1) is 16.5. The molecule has 0 atom stereocenters. The number of aromatic nitrogens is 1. The molecule has 5 nitrogen and oxygen atoms in total. The summed E-state index contributed by atoms with van der Waals surface area (Å²) in [4.78, 5) is 28.4. The van der Waals surface area contributed by atoms with E-state index < -0.39 is 35.7 Å². The Morgan fingerprint density at radius 3 is 2.39 bits per heavy atom. The van der Waals surface area contributed by atoms with Gasteiger partial charge in [-0.3, -0.25) is 19.5 Å². The Balaban J connectivity index is 2.08. The maximum absolute atomic E-state index is 13.8. The van der Waals surface area contributed by atoms with Crippen LogP contribution in [0.15, 0.2) is 42.6 Å². The summed E-state index contributed by atoms with van der Waals surface area (Å²) in [6, 6.07) is 8.47. The highest BCUT2D eigenvalue weighted by Crippen LogP contribution is 2.23. The van der Waals surface area contributed by atoms with Gasteiger partial charge in [-0.2, -0.15) is 0 Å². The van der Waals surface area contributed by atoms with Crippen LogP contribution >= 0.6 is 0 Å². The van der Waals surface area contributed by atoms with Crippen LogP contribution in [0.4, 0.5) is 14.5 Å². The number of nitrogens with one attached hydrogen (secondary N) is 1. The summed E-state index contributed by atoms with van der Waals surface area (Å²) >= 11 is 0. The Morgan fingerprint density at radius 2 is 1.83 bits per heavy atom. The second-order valence-corrected chi connectivity index (χ2v) is 4.77. The van der Waals surface area contributed by atoms with Gasteiger partial charge >= 0.3 is 0 Å². The van der Waals surface area contributed by atoms with Crippen LogP contribution in [0.2, 0.25) is 0 Å². The van der Waals surface area contributed by atoms with E-state index in [9.17, 15) is 18.4 Å². The first-order valence-electron chi connectivity index (χ1n) is 6.87. The molecule has 0 aliphatic rings. The molecule has 0 saturated heterocycles. The van der Waals surface area contributed by atoms with Gasteiger partial charge in [0.15, 0.2) is 0 Å². The van der Waals surface area contributed by atoms with Gasteiger partial charge in [-0.15, -0.1) is 0 Å². The Morgan fingerprint density at radius 1 is 1.13 bits per heavy atom. The second-order valence-electron chi connectivity index (χ2n) is 4.77. The number of carbonyl (C=O) groups is 2. The van der Waals surface area contributed by atoms with Gasteiger partial charge in [0.2, 0.25) is 11.8 Å². The van der Waals surface area contributed by atoms with E-state index in [0.717, 1.165) is 24.0 Å². The lowest BCUT2D eigenvalue weighted by Gasteiger charge is -2.21. The molecule has 1 heterocycles. The summed E-state index contributed by atoms with van der Waals surface area (Å²) in [5, 5.41) is 2.55. The molecule has 23 heavy (non-hydrogen) atoms. The van der Waals surface area contributed by atoms with E-state index in [1.165, 1.54) is 6.07 Å². The third kappa shape index (κ3) is 4.32. The monoisotopic (exact) mass is 319 g/mol. The van der Waals surface area contributed by atoms with Crippen molar-refractivity contribution in [3.05, 3.63) is 59.9 Å². The van der Waals surface area contributed by atoms with E-state index in [2.05, 4.69) is 10.3 Å². The molecule has 1 N–H and O–H groups in total. The normalized spacial score (nSPS) is 10.2. The smallest absolute Gasteiger partial charge is 0.240 e. The number of hydrogen-bond donors (Lipinski definition) is 1. The number of nitrogens with zero attached hydrogens (tertiary/aromatic N) is 2. The van der Waals surface area contributed by atoms with Crippen LogP contribution < -0.4 is 10.2 Å². The summed E-state index contributed by atoms with van der Waals surface area (Å²) in [5.74, 6) is -2.99. The lowest BCUT2D eigenvalue weighted by Crippen LogP contribution is -2.40. The third-order valence-electron chi connectivity index (χ3n) is 3.08. The first-order valence-corrected chi connectivity index (χ1v) is 6.87. The number of amides is 2. The molecule has 0 aliphatic heterocycles. The van der Waals surface area contributed by atoms with Gasteiger partial charge in [-0.05, 0) is 24.3 Å². The van der Waals surface area contributed by atoms with Crippen LogP contribution in [-0.4, -0.2) is 23.3 Å². The lowest BCUT2D eigenvalue weighted by molar-refractivity contribution is -0.123. The standard InChI is InChI=1S/C16H15F2N3O2/c1-11(22)21(16-13(17)6-4-7-14(16)18)10-15(23)20-9-12-5-2-3-8-19-12/h2-8H,9-10H2,1H3,(H,20,23). The van der Waals surface area contributed by atoms with Crippen LogP contribution in [0.1, 0.15) is 12.6 Å². The molecule has 0 bridgehead atoms. The Bertz CT molecular complexity index is 687. The minimum atomic E-state index is -0.905. The fourth-order valence-corrected chi connectivity index (χ4v) is 1.99. The molecule has 0 saturated carbocycles. The minimum absolute atomic E-state index is 0.158. The van der Waals surface area contributed by atoms with Crippen molar-refractivity contribution < 1.29 is 18.4 Å². The number of halogens is 2. The summed E-state index contributed by atoms with van der Waals surface area (Å²) < 4.78 is 27.6. The lowest BCUT2D eigenvalue weighted by atomic mass is 10.2. The molecule has 7 heteroatoms. The molecular formula is C16H15F2N3O2. The number of para-hydroxylation sites is 1. The van der Waals surface area contributed by atoms with E-state index in [0.29, 0.717) is 5.69 Å². The fourth-order valence-electron chi connectivity index (χ4n) is 1.99. The average Bonchev–Trinajstić information content (AvgIpc) is 2.52. The largest absolute Gasteiger partial charge is 0.349 e. The van der Waals surface area contributed by atoms with Gasteiger partial charge in [0, 0.05) is 13.1 Å². The summed E-state index contributed by atoms with van der Waals surface area (Å²) in [5.41, 5.74) is 0.0975. The molecule has 1 aromatic heterocycles. The quantitative estimate of drug-likeness (QED) is 0.917. The van der Waals surface area contributed by atoms with Crippen LogP contribution in [0.3, 0.4) is 0 Å². The molecule has 0 unspecified atom stereocenters. The van der Waals surface area contributed by atoms with Crippen molar-refractivity contribution >= 4 is 17.5 Å². The molecule has 0 radical (unpaired) electrons. The molecular weight excluding hydrogens is 304 g/mol. The molecule has 2 rings (SSSR count). The number of carbonyl (C=O) groups excluding carboxylic acids is 2. The van der Waals surface area contributed by atoms with E-state index >= 15 is 0 Å². The highest BCUT2D eigenvalue weighted by molar-refractivity contribution is 5.97. The van der Waals surface area contributed by atoms with Crippen molar-refractivity contribution in [2.24, 2.45) is 0 Å². The maximum Gasteiger partial charge on any atom is 0.240 e. The number of hydrogen-bond acceptors (Lipinski definition) is 3. The molecule has 2 amide bonds. The number of rotatable bonds is 5. The van der Waals surface area contributed by atoms with Gasteiger partial charge in [-0.25, -0.2) is 8.78 Å². The van der Waals surface area contributed by atoms with Crippen LogP contribution in [-0.2, 0) is 16.1 Å². The predicted molar refractivity (Wildman–Crippen MR) is 80.5 cm³/mol. The van der Waals surface area contributed by atoms with E-state index in [1.54, 1.807) is 24.4 Å². The van der Waals surface area contributed by atoms with E-state index in [-0.39, 0.29) is 6.54 Å². The zero-order valence-corrected chi connectivity index (χ0v) is 12.4. The fraction of sp³-hybridized carbons (Fsp3) is 0.188. The zero-order valence-electron chi connectivity index (χ0n) is 12.4. The molecule has 1 aromatic carbocycles. The Kier molecular flexibility index (Phi) is 5.35. The number of benzene rings is 1. The van der Waals surface area contributed by atoms with Crippen molar-refractivity contribution in [3.8, 4) is 0 Å². The SMILES string of the molecule is CC(=O)N(CC(=O)NCc1ccccn1)c1c(F)cccc1F. The summed E-state index contributed by atoms with van der Waals surface area (Å²) in [6.07, 6.45) is 1.58. The van der Waals surface area contributed by atoms with Crippen molar-refractivity contribution in [3.63, 3.8) is 0 Å². The van der Waals surface area contributed by atoms with Gasteiger partial charge in [0.1, 0.15) is 23.9 Å². The van der Waals surface area contributed by atoms with Crippen LogP contribution in [0, 0.1) is 11.6 Å². The summed E-state index contributed by atoms with van der Waals surface area (Å²) in [7, 11) is 0. The van der Waals surface area contributed by atoms with E-state index in [1.807, 2.05) is 0 Å². The van der Waals surface area contributed by atoms with Gasteiger partial charge in [0.05, 0.1) is 12.2 Å². The van der Waals surface area contributed by atoms with Crippen molar-refractivity contribution in [2.75, 3.05) is 11.4 Å². The molecule has 120 valence electrons. The second kappa shape index (κ2) is 7.44. The number of anilines is 1. The van der Waals surface area contributed by atoms with Crippen molar-refractivity contribution in [2.45, 2.75) is 13.5 Å². The molecule has 0 spiro atoms. The minimum Gasteiger partial charge on any atom is -0.349 e. The van der Waals surface area contributed by atoms with Crippen molar-refractivity contribution in [1.29, 1.82) is 0 Å². The third-order valence-corrected chi connectivity index (χ3v) is 3.08. The Hall–Kier alpha value is -2.83. The molecule has 0 fully saturated rings. The highest BCUT2D eigenvalue weighted by Gasteiger charge is 2.22. The molecule has 0 aliphatic carbocycles. The van der Waals surface area contributed by atoms with Crippen LogP contribution in [0.5, 0.6) is 0 Å². The van der Waals surface area contributed by atoms with Crippen molar-refractivity contribution in [1.82, 2.24) is 10.3 Å². The topological polar surface area (TPSA) is 62.3 Å². The summed E-state index contributed by atoms with van der Waals surface area (Å²) in [6.45, 7) is 0.809.